The summed E-state index contributed by atoms with van der Waals surface area (Å²) in [6.45, 7) is 3.96. The Hall–Kier alpha value is -0.120. The molecule has 3 nitrogen and oxygen atoms in total. The highest BCUT2D eigenvalue weighted by atomic mass is 16.5. The topological polar surface area (TPSA) is 29.5 Å². The molecule has 0 radical (unpaired) electrons. The SMILES string of the molecule is CC1OC(C)[C@@H](O)C1[N+](C)(C)C. The van der Waals surface area contributed by atoms with Gasteiger partial charge >= 0.3 is 0 Å². The Morgan fingerprint density at radius 2 is 1.58 bits per heavy atom. The third-order valence-electron chi connectivity index (χ3n) is 2.64. The van der Waals surface area contributed by atoms with Gasteiger partial charge in [0.1, 0.15) is 18.2 Å². The Kier molecular flexibility index (Phi) is 2.47. The maximum absolute atomic E-state index is 9.82. The second-order valence-electron chi connectivity index (χ2n) is 4.64. The Labute approximate surface area is 74.5 Å². The average Bonchev–Trinajstić information content (AvgIpc) is 2.05. The van der Waals surface area contributed by atoms with Gasteiger partial charge in [0.15, 0.2) is 0 Å². The molecule has 3 unspecified atom stereocenters. The molecule has 1 N–H and O–H groups in total. The molecule has 1 rings (SSSR count). The third kappa shape index (κ3) is 1.63. The van der Waals surface area contributed by atoms with E-state index in [4.69, 9.17) is 4.74 Å². The molecular formula is C9H20NO2+. The van der Waals surface area contributed by atoms with Crippen molar-refractivity contribution in [3.8, 4) is 0 Å². The highest BCUT2D eigenvalue weighted by molar-refractivity contribution is 4.87. The van der Waals surface area contributed by atoms with Crippen molar-refractivity contribution in [2.75, 3.05) is 21.1 Å². The van der Waals surface area contributed by atoms with E-state index in [-0.39, 0.29) is 24.4 Å². The van der Waals surface area contributed by atoms with Gasteiger partial charge in [0.05, 0.1) is 27.2 Å². The Bertz CT molecular complexity index is 164. The molecule has 1 aliphatic heterocycles. The van der Waals surface area contributed by atoms with Crippen LogP contribution in [0.1, 0.15) is 13.8 Å². The van der Waals surface area contributed by atoms with Crippen LogP contribution in [-0.2, 0) is 4.74 Å². The van der Waals surface area contributed by atoms with Crippen LogP contribution in [0.15, 0.2) is 0 Å². The monoisotopic (exact) mass is 174 g/mol. The first-order valence-corrected chi connectivity index (χ1v) is 4.48. The lowest BCUT2D eigenvalue weighted by Gasteiger charge is -2.34. The van der Waals surface area contributed by atoms with Gasteiger partial charge in [-0.25, -0.2) is 0 Å². The number of quaternary nitrogens is 1. The van der Waals surface area contributed by atoms with Crippen LogP contribution in [0, 0.1) is 0 Å². The Morgan fingerprint density at radius 3 is 1.75 bits per heavy atom. The summed E-state index contributed by atoms with van der Waals surface area (Å²) in [5, 5.41) is 9.82. The summed E-state index contributed by atoms with van der Waals surface area (Å²) < 4.78 is 6.30. The quantitative estimate of drug-likeness (QED) is 0.577. The first kappa shape index (κ1) is 9.96. The summed E-state index contributed by atoms with van der Waals surface area (Å²) in [7, 11) is 6.27. The van der Waals surface area contributed by atoms with Crippen molar-refractivity contribution in [2.24, 2.45) is 0 Å². The van der Waals surface area contributed by atoms with E-state index in [1.165, 1.54) is 0 Å². The van der Waals surface area contributed by atoms with Crippen LogP contribution in [0.5, 0.6) is 0 Å². The number of likely N-dealkylation sites (N-methyl/N-ethyl adjacent to an activating group) is 1. The molecule has 1 heterocycles. The van der Waals surface area contributed by atoms with E-state index >= 15 is 0 Å². The van der Waals surface area contributed by atoms with Gasteiger partial charge in [0.2, 0.25) is 0 Å². The zero-order valence-corrected chi connectivity index (χ0v) is 8.61. The normalized spacial score (nSPS) is 43.5. The van der Waals surface area contributed by atoms with Gasteiger partial charge in [0, 0.05) is 0 Å². The van der Waals surface area contributed by atoms with Crippen LogP contribution in [0.3, 0.4) is 0 Å². The molecule has 72 valence electrons. The van der Waals surface area contributed by atoms with Crippen molar-refractivity contribution >= 4 is 0 Å². The molecule has 3 heteroatoms. The molecule has 0 aromatic heterocycles. The maximum Gasteiger partial charge on any atom is 0.143 e. The predicted molar refractivity (Wildman–Crippen MR) is 47.8 cm³/mol. The van der Waals surface area contributed by atoms with Crippen LogP contribution in [0.2, 0.25) is 0 Å². The van der Waals surface area contributed by atoms with Gasteiger partial charge in [-0.1, -0.05) is 0 Å². The van der Waals surface area contributed by atoms with Crippen molar-refractivity contribution in [3.05, 3.63) is 0 Å². The van der Waals surface area contributed by atoms with Crippen molar-refractivity contribution in [1.82, 2.24) is 0 Å². The van der Waals surface area contributed by atoms with E-state index in [9.17, 15) is 5.11 Å². The lowest BCUT2D eigenvalue weighted by Crippen LogP contribution is -2.54. The zero-order chi connectivity index (χ0) is 9.52. The fraction of sp³-hybridized carbons (Fsp3) is 1.00. The molecular weight excluding hydrogens is 154 g/mol. The van der Waals surface area contributed by atoms with Gasteiger partial charge in [-0.2, -0.15) is 0 Å². The van der Waals surface area contributed by atoms with Crippen LogP contribution >= 0.6 is 0 Å². The van der Waals surface area contributed by atoms with E-state index in [0.29, 0.717) is 0 Å². The molecule has 1 saturated heterocycles. The standard InChI is InChI=1S/C9H20NO2/c1-6-8(10(3,4)5)9(11)7(2)12-6/h6-9,11H,1-5H3/q+1/t6?,7?,8?,9-/m1/s1. The number of rotatable bonds is 1. The number of ether oxygens (including phenoxy) is 1. The molecule has 12 heavy (non-hydrogen) atoms. The second kappa shape index (κ2) is 2.98. The first-order valence-electron chi connectivity index (χ1n) is 4.48. The minimum absolute atomic E-state index is 0.0256. The van der Waals surface area contributed by atoms with E-state index in [1.54, 1.807) is 0 Å². The molecule has 0 bridgehead atoms. The summed E-state index contributed by atoms with van der Waals surface area (Å²) in [6, 6.07) is 0.194. The van der Waals surface area contributed by atoms with Gasteiger partial charge in [-0.15, -0.1) is 0 Å². The van der Waals surface area contributed by atoms with E-state index in [0.717, 1.165) is 4.48 Å². The lowest BCUT2D eigenvalue weighted by molar-refractivity contribution is -0.900. The largest absolute Gasteiger partial charge is 0.384 e. The smallest absolute Gasteiger partial charge is 0.143 e. The molecule has 0 saturated carbocycles. The van der Waals surface area contributed by atoms with Crippen molar-refractivity contribution < 1.29 is 14.3 Å². The van der Waals surface area contributed by atoms with Crippen LogP contribution in [0.4, 0.5) is 0 Å². The predicted octanol–water partition coefficient (Wildman–Crippen LogP) is 0.229. The fourth-order valence-corrected chi connectivity index (χ4v) is 2.14. The molecule has 1 aliphatic rings. The third-order valence-corrected chi connectivity index (χ3v) is 2.64. The van der Waals surface area contributed by atoms with Crippen molar-refractivity contribution in [2.45, 2.75) is 38.2 Å². The lowest BCUT2D eigenvalue weighted by atomic mass is 10.0. The summed E-state index contributed by atoms with van der Waals surface area (Å²) in [5.41, 5.74) is 0. The van der Waals surface area contributed by atoms with Crippen LogP contribution < -0.4 is 0 Å². The first-order chi connectivity index (χ1) is 5.34. The molecule has 0 aromatic carbocycles. The number of hydrogen-bond acceptors (Lipinski definition) is 2. The van der Waals surface area contributed by atoms with Crippen molar-refractivity contribution in [3.63, 3.8) is 0 Å². The molecule has 1 fully saturated rings. The molecule has 0 aromatic rings. The zero-order valence-electron chi connectivity index (χ0n) is 8.61. The highest BCUT2D eigenvalue weighted by Gasteiger charge is 2.46. The number of nitrogens with zero attached hydrogens (tertiary/aromatic N) is 1. The molecule has 0 aliphatic carbocycles. The molecule has 0 spiro atoms. The van der Waals surface area contributed by atoms with Crippen LogP contribution in [0.25, 0.3) is 0 Å². The minimum Gasteiger partial charge on any atom is -0.384 e. The van der Waals surface area contributed by atoms with Gasteiger partial charge in [-0.05, 0) is 13.8 Å². The minimum atomic E-state index is -0.333. The van der Waals surface area contributed by atoms with Gasteiger partial charge < -0.3 is 14.3 Å². The van der Waals surface area contributed by atoms with Gasteiger partial charge in [0.25, 0.3) is 0 Å². The highest BCUT2D eigenvalue weighted by Crippen LogP contribution is 2.26. The molecule has 0 amide bonds. The van der Waals surface area contributed by atoms with E-state index in [1.807, 2.05) is 13.8 Å². The number of hydrogen-bond donors (Lipinski definition) is 1. The van der Waals surface area contributed by atoms with E-state index < -0.39 is 0 Å². The van der Waals surface area contributed by atoms with Crippen LogP contribution in [-0.4, -0.2) is 55.1 Å². The summed E-state index contributed by atoms with van der Waals surface area (Å²) in [5.74, 6) is 0. The Balaban J connectivity index is 2.77. The summed E-state index contributed by atoms with van der Waals surface area (Å²) >= 11 is 0. The van der Waals surface area contributed by atoms with Gasteiger partial charge in [-0.3, -0.25) is 0 Å². The maximum atomic E-state index is 9.82. The second-order valence-corrected chi connectivity index (χ2v) is 4.64. The van der Waals surface area contributed by atoms with E-state index in [2.05, 4.69) is 21.1 Å². The Morgan fingerprint density at radius 1 is 1.08 bits per heavy atom. The number of aliphatic hydroxyl groups is 1. The van der Waals surface area contributed by atoms with Crippen molar-refractivity contribution in [1.29, 1.82) is 0 Å². The summed E-state index contributed by atoms with van der Waals surface area (Å²) in [6.07, 6.45) is -0.211. The summed E-state index contributed by atoms with van der Waals surface area (Å²) in [4.78, 5) is 0. The fourth-order valence-electron chi connectivity index (χ4n) is 2.14. The molecule has 4 atom stereocenters. The number of aliphatic hydroxyl groups excluding tert-OH is 1. The average molecular weight is 174 g/mol.